The Bertz CT molecular complexity index is 377. The van der Waals surface area contributed by atoms with E-state index >= 15 is 0 Å². The van der Waals surface area contributed by atoms with Crippen LogP contribution in [-0.2, 0) is 27.9 Å². The molecule has 0 aliphatic carbocycles. The van der Waals surface area contributed by atoms with Crippen molar-refractivity contribution in [3.63, 3.8) is 0 Å². The molecule has 0 rings (SSSR count). The zero-order valence-electron chi connectivity index (χ0n) is 13.1. The van der Waals surface area contributed by atoms with Gasteiger partial charge in [-0.15, -0.1) is 0 Å². The summed E-state index contributed by atoms with van der Waals surface area (Å²) in [7, 11) is -0.851. The van der Waals surface area contributed by atoms with Crippen LogP contribution in [0.1, 0.15) is 40.5 Å². The van der Waals surface area contributed by atoms with Crippen LogP contribution in [0.15, 0.2) is 0 Å². The maximum Gasteiger partial charge on any atom is 0.337 e. The number of hydrogen-bond donors (Lipinski definition) is 0. The van der Waals surface area contributed by atoms with E-state index in [2.05, 4.69) is 0 Å². The third-order valence-electron chi connectivity index (χ3n) is 2.44. The summed E-state index contributed by atoms with van der Waals surface area (Å²) in [5, 5.41) is 0. The first kappa shape index (κ1) is 19.3. The highest BCUT2D eigenvalue weighted by molar-refractivity contribution is 7.54. The predicted molar refractivity (Wildman–Crippen MR) is 75.7 cm³/mol. The number of ether oxygens (including phenoxy) is 1. The zero-order valence-corrected chi connectivity index (χ0v) is 14.0. The third kappa shape index (κ3) is 8.46. The topological polar surface area (TPSA) is 78.9 Å². The Kier molecular flexibility index (Phi) is 7.63. The minimum atomic E-state index is -3.33. The summed E-state index contributed by atoms with van der Waals surface area (Å²) in [6, 6.07) is 0. The van der Waals surface area contributed by atoms with E-state index in [9.17, 15) is 14.2 Å². The van der Waals surface area contributed by atoms with E-state index in [4.69, 9.17) is 13.8 Å². The summed E-state index contributed by atoms with van der Waals surface area (Å²) < 4.78 is 26.4. The van der Waals surface area contributed by atoms with Crippen LogP contribution in [0.5, 0.6) is 0 Å². The Hall–Kier alpha value is -0.710. The fourth-order valence-corrected chi connectivity index (χ4v) is 2.58. The molecular weight excluding hydrogens is 283 g/mol. The van der Waals surface area contributed by atoms with Gasteiger partial charge in [-0.2, -0.15) is 0 Å². The standard InChI is InChI=1S/C13H25O6P/c1-10(8-12(15)19-13(2,3)4)7-11(14)9-20(16,17-5)18-6/h10H,7-9H2,1-6H3/t10-/m1/s1. The molecule has 0 aliphatic heterocycles. The first-order chi connectivity index (χ1) is 9.01. The molecule has 0 aromatic carbocycles. The molecule has 0 radical (unpaired) electrons. The van der Waals surface area contributed by atoms with Crippen LogP contribution in [0.3, 0.4) is 0 Å². The molecule has 0 bridgehead atoms. The van der Waals surface area contributed by atoms with Crippen LogP contribution in [0.4, 0.5) is 0 Å². The van der Waals surface area contributed by atoms with Gasteiger partial charge < -0.3 is 13.8 Å². The molecular formula is C13H25O6P. The maximum atomic E-state index is 11.8. The molecule has 118 valence electrons. The van der Waals surface area contributed by atoms with Crippen molar-refractivity contribution in [2.75, 3.05) is 20.4 Å². The summed E-state index contributed by atoms with van der Waals surface area (Å²) >= 11 is 0. The number of esters is 1. The highest BCUT2D eigenvalue weighted by Crippen LogP contribution is 2.46. The lowest BCUT2D eigenvalue weighted by Gasteiger charge is -2.21. The largest absolute Gasteiger partial charge is 0.460 e. The maximum absolute atomic E-state index is 11.8. The quantitative estimate of drug-likeness (QED) is 0.507. The molecule has 0 aromatic heterocycles. The van der Waals surface area contributed by atoms with E-state index in [1.807, 2.05) is 0 Å². The lowest BCUT2D eigenvalue weighted by atomic mass is 10.0. The van der Waals surface area contributed by atoms with Gasteiger partial charge in [0, 0.05) is 27.1 Å². The van der Waals surface area contributed by atoms with E-state index in [0.717, 1.165) is 0 Å². The number of Topliss-reactive ketones (excluding diaryl/α,β-unsaturated/α-hetero) is 1. The molecule has 0 aliphatic rings. The van der Waals surface area contributed by atoms with Gasteiger partial charge in [-0.3, -0.25) is 14.2 Å². The molecule has 0 saturated carbocycles. The van der Waals surface area contributed by atoms with Crippen molar-refractivity contribution in [3.05, 3.63) is 0 Å². The molecule has 1 atom stereocenters. The van der Waals surface area contributed by atoms with Crippen molar-refractivity contribution < 1.29 is 27.9 Å². The van der Waals surface area contributed by atoms with Crippen LogP contribution < -0.4 is 0 Å². The lowest BCUT2D eigenvalue weighted by molar-refractivity contribution is -0.155. The fraction of sp³-hybridized carbons (Fsp3) is 0.846. The number of rotatable bonds is 8. The Morgan fingerprint density at radius 1 is 1.10 bits per heavy atom. The molecule has 0 saturated heterocycles. The Morgan fingerprint density at radius 3 is 2.00 bits per heavy atom. The minimum Gasteiger partial charge on any atom is -0.460 e. The van der Waals surface area contributed by atoms with Gasteiger partial charge in [0.05, 0.1) is 0 Å². The number of carbonyl (C=O) groups is 2. The van der Waals surface area contributed by atoms with Crippen molar-refractivity contribution in [2.45, 2.75) is 46.1 Å². The lowest BCUT2D eigenvalue weighted by Crippen LogP contribution is -2.25. The van der Waals surface area contributed by atoms with Gasteiger partial charge in [0.15, 0.2) is 0 Å². The molecule has 0 spiro atoms. The Labute approximate surface area is 120 Å². The highest BCUT2D eigenvalue weighted by Gasteiger charge is 2.27. The Balaban J connectivity index is 4.27. The van der Waals surface area contributed by atoms with Gasteiger partial charge >= 0.3 is 13.6 Å². The molecule has 0 heterocycles. The first-order valence-corrected chi connectivity index (χ1v) is 8.18. The van der Waals surface area contributed by atoms with E-state index in [0.29, 0.717) is 0 Å². The van der Waals surface area contributed by atoms with Crippen LogP contribution >= 0.6 is 7.60 Å². The summed E-state index contributed by atoms with van der Waals surface area (Å²) in [6.45, 7) is 7.13. The van der Waals surface area contributed by atoms with E-state index in [-0.39, 0.29) is 36.7 Å². The average molecular weight is 308 g/mol. The van der Waals surface area contributed by atoms with Gasteiger partial charge in [-0.05, 0) is 26.7 Å². The predicted octanol–water partition coefficient (Wildman–Crippen LogP) is 2.80. The van der Waals surface area contributed by atoms with Crippen molar-refractivity contribution >= 4 is 19.3 Å². The van der Waals surface area contributed by atoms with Gasteiger partial charge in [0.25, 0.3) is 0 Å². The molecule has 0 N–H and O–H groups in total. The molecule has 20 heavy (non-hydrogen) atoms. The average Bonchev–Trinajstić information content (AvgIpc) is 2.25. The highest BCUT2D eigenvalue weighted by atomic mass is 31.2. The van der Waals surface area contributed by atoms with Crippen LogP contribution in [0, 0.1) is 5.92 Å². The zero-order chi connectivity index (χ0) is 16.0. The van der Waals surface area contributed by atoms with E-state index in [1.54, 1.807) is 27.7 Å². The van der Waals surface area contributed by atoms with Crippen LogP contribution in [0.2, 0.25) is 0 Å². The van der Waals surface area contributed by atoms with Gasteiger partial charge in [0.2, 0.25) is 0 Å². The molecule has 0 amide bonds. The monoisotopic (exact) mass is 308 g/mol. The number of ketones is 1. The van der Waals surface area contributed by atoms with Gasteiger partial charge in [-0.25, -0.2) is 0 Å². The number of carbonyl (C=O) groups excluding carboxylic acids is 2. The van der Waals surface area contributed by atoms with E-state index < -0.39 is 13.2 Å². The fourth-order valence-electron chi connectivity index (χ4n) is 1.61. The Morgan fingerprint density at radius 2 is 1.60 bits per heavy atom. The smallest absolute Gasteiger partial charge is 0.337 e. The second-order valence-electron chi connectivity index (χ2n) is 5.77. The first-order valence-electron chi connectivity index (χ1n) is 6.45. The van der Waals surface area contributed by atoms with Gasteiger partial charge in [-0.1, -0.05) is 6.92 Å². The minimum absolute atomic E-state index is 0.135. The normalized spacial score (nSPS) is 13.9. The summed E-state index contributed by atoms with van der Waals surface area (Å²) in [4.78, 5) is 23.4. The van der Waals surface area contributed by atoms with Crippen molar-refractivity contribution in [2.24, 2.45) is 5.92 Å². The summed E-state index contributed by atoms with van der Waals surface area (Å²) in [5.74, 6) is -0.785. The SMILES string of the molecule is COP(=O)(CC(=O)C[C@@H](C)CC(=O)OC(C)(C)C)OC. The van der Waals surface area contributed by atoms with E-state index in [1.165, 1.54) is 14.2 Å². The van der Waals surface area contributed by atoms with Crippen LogP contribution in [0.25, 0.3) is 0 Å². The molecule has 0 fully saturated rings. The summed E-state index contributed by atoms with van der Waals surface area (Å²) in [5.41, 5.74) is -0.539. The van der Waals surface area contributed by atoms with Crippen molar-refractivity contribution in [3.8, 4) is 0 Å². The van der Waals surface area contributed by atoms with Crippen molar-refractivity contribution in [1.82, 2.24) is 0 Å². The second-order valence-corrected chi connectivity index (χ2v) is 8.04. The summed E-state index contributed by atoms with van der Waals surface area (Å²) in [6.07, 6.45) is 0.00187. The number of hydrogen-bond acceptors (Lipinski definition) is 6. The second kappa shape index (κ2) is 7.91. The molecule has 0 unspecified atom stereocenters. The third-order valence-corrected chi connectivity index (χ3v) is 4.29. The van der Waals surface area contributed by atoms with Crippen molar-refractivity contribution in [1.29, 1.82) is 0 Å². The molecule has 7 heteroatoms. The van der Waals surface area contributed by atoms with Gasteiger partial charge in [0.1, 0.15) is 17.5 Å². The van der Waals surface area contributed by atoms with Crippen LogP contribution in [-0.4, -0.2) is 37.7 Å². The molecule has 0 aromatic rings. The molecule has 6 nitrogen and oxygen atoms in total.